The maximum atomic E-state index is 10.8. The van der Waals surface area contributed by atoms with Crippen molar-refractivity contribution in [1.82, 2.24) is 0 Å². The molecule has 1 aromatic carbocycles. The zero-order valence-electron chi connectivity index (χ0n) is 8.52. The second kappa shape index (κ2) is 4.13. The number of carboxylic acids is 2. The molecule has 15 heavy (non-hydrogen) atoms. The van der Waals surface area contributed by atoms with E-state index in [1.54, 1.807) is 0 Å². The molecule has 0 aliphatic heterocycles. The van der Waals surface area contributed by atoms with Crippen LogP contribution in [0.1, 0.15) is 46.0 Å². The maximum Gasteiger partial charge on any atom is 0.335 e. The number of benzene rings is 1. The van der Waals surface area contributed by atoms with Crippen molar-refractivity contribution < 1.29 is 19.8 Å². The molecule has 0 heterocycles. The summed E-state index contributed by atoms with van der Waals surface area (Å²) < 4.78 is 0. The van der Waals surface area contributed by atoms with Crippen molar-refractivity contribution in [3.05, 3.63) is 34.9 Å². The molecule has 0 atom stereocenters. The highest BCUT2D eigenvalue weighted by Gasteiger charge is 2.12. The average molecular weight is 208 g/mol. The first-order valence-corrected chi connectivity index (χ1v) is 4.53. The molecule has 0 amide bonds. The van der Waals surface area contributed by atoms with Gasteiger partial charge in [0, 0.05) is 0 Å². The summed E-state index contributed by atoms with van der Waals surface area (Å²) in [6.07, 6.45) is 0. The first-order valence-electron chi connectivity index (χ1n) is 4.53. The summed E-state index contributed by atoms with van der Waals surface area (Å²) in [5.41, 5.74) is 0.740. The van der Waals surface area contributed by atoms with E-state index in [9.17, 15) is 9.59 Å². The minimum Gasteiger partial charge on any atom is -0.478 e. The van der Waals surface area contributed by atoms with Crippen molar-refractivity contribution >= 4 is 11.9 Å². The van der Waals surface area contributed by atoms with Gasteiger partial charge in [-0.15, -0.1) is 0 Å². The molecule has 0 bridgehead atoms. The summed E-state index contributed by atoms with van der Waals surface area (Å²) in [6.45, 7) is 3.76. The average Bonchev–Trinajstić information content (AvgIpc) is 2.16. The summed E-state index contributed by atoms with van der Waals surface area (Å²) in [5.74, 6) is -2.12. The van der Waals surface area contributed by atoms with Crippen LogP contribution in [0.3, 0.4) is 0 Å². The molecule has 0 saturated heterocycles. The standard InChI is InChI=1S/C11H12O4/c1-6(2)7-3-8(10(12)13)5-9(4-7)11(14)15/h3-6H,1-2H3,(H,12,13)(H,14,15). The van der Waals surface area contributed by atoms with Crippen molar-refractivity contribution in [3.63, 3.8) is 0 Å². The Hall–Kier alpha value is -1.84. The van der Waals surface area contributed by atoms with Crippen molar-refractivity contribution in [1.29, 1.82) is 0 Å². The Bertz CT molecular complexity index is 375. The van der Waals surface area contributed by atoms with Crippen LogP contribution in [0.2, 0.25) is 0 Å². The Labute approximate surface area is 87.2 Å². The first kappa shape index (κ1) is 11.2. The second-order valence-corrected chi connectivity index (χ2v) is 3.61. The van der Waals surface area contributed by atoms with Crippen molar-refractivity contribution in [2.45, 2.75) is 19.8 Å². The topological polar surface area (TPSA) is 74.6 Å². The molecule has 80 valence electrons. The maximum absolute atomic E-state index is 10.8. The summed E-state index contributed by atoms with van der Waals surface area (Å²) in [5, 5.41) is 17.6. The SMILES string of the molecule is CC(C)c1cc(C(=O)O)cc(C(=O)O)c1. The van der Waals surface area contributed by atoms with Crippen LogP contribution in [0.5, 0.6) is 0 Å². The highest BCUT2D eigenvalue weighted by molar-refractivity contribution is 5.94. The van der Waals surface area contributed by atoms with E-state index in [1.807, 2.05) is 13.8 Å². The van der Waals surface area contributed by atoms with E-state index in [2.05, 4.69) is 0 Å². The molecule has 0 aromatic heterocycles. The predicted octanol–water partition coefficient (Wildman–Crippen LogP) is 2.21. The highest BCUT2D eigenvalue weighted by atomic mass is 16.4. The van der Waals surface area contributed by atoms with Gasteiger partial charge < -0.3 is 10.2 Å². The summed E-state index contributed by atoms with van der Waals surface area (Å²) >= 11 is 0. The molecule has 4 heteroatoms. The number of rotatable bonds is 3. The van der Waals surface area contributed by atoms with Crippen LogP contribution in [-0.4, -0.2) is 22.2 Å². The van der Waals surface area contributed by atoms with Crippen LogP contribution in [-0.2, 0) is 0 Å². The van der Waals surface area contributed by atoms with Gasteiger partial charge in [0.2, 0.25) is 0 Å². The van der Waals surface area contributed by atoms with Crippen LogP contribution >= 0.6 is 0 Å². The van der Waals surface area contributed by atoms with Crippen LogP contribution in [0.4, 0.5) is 0 Å². The minimum atomic E-state index is -1.11. The molecular formula is C11H12O4. The highest BCUT2D eigenvalue weighted by Crippen LogP contribution is 2.18. The normalized spacial score (nSPS) is 10.3. The van der Waals surface area contributed by atoms with Gasteiger partial charge in [0.15, 0.2) is 0 Å². The molecule has 0 radical (unpaired) electrons. The van der Waals surface area contributed by atoms with E-state index in [-0.39, 0.29) is 17.0 Å². The van der Waals surface area contributed by atoms with E-state index in [1.165, 1.54) is 12.1 Å². The summed E-state index contributed by atoms with van der Waals surface area (Å²) in [6, 6.07) is 4.16. The fourth-order valence-electron chi connectivity index (χ4n) is 1.23. The monoisotopic (exact) mass is 208 g/mol. The second-order valence-electron chi connectivity index (χ2n) is 3.61. The van der Waals surface area contributed by atoms with Crippen molar-refractivity contribution in [2.24, 2.45) is 0 Å². The van der Waals surface area contributed by atoms with Gasteiger partial charge >= 0.3 is 11.9 Å². The van der Waals surface area contributed by atoms with Gasteiger partial charge in [-0.05, 0) is 29.7 Å². The molecule has 0 spiro atoms. The van der Waals surface area contributed by atoms with E-state index in [0.29, 0.717) is 5.56 Å². The molecule has 0 fully saturated rings. The van der Waals surface area contributed by atoms with E-state index in [0.717, 1.165) is 6.07 Å². The predicted molar refractivity (Wildman–Crippen MR) is 54.4 cm³/mol. The van der Waals surface area contributed by atoms with Gasteiger partial charge in [0.05, 0.1) is 11.1 Å². The molecular weight excluding hydrogens is 196 g/mol. The quantitative estimate of drug-likeness (QED) is 0.798. The third kappa shape index (κ3) is 2.56. The van der Waals surface area contributed by atoms with E-state index >= 15 is 0 Å². The van der Waals surface area contributed by atoms with Gasteiger partial charge in [0.1, 0.15) is 0 Å². The Balaban J connectivity index is 3.32. The lowest BCUT2D eigenvalue weighted by molar-refractivity contribution is 0.0696. The van der Waals surface area contributed by atoms with Crippen LogP contribution in [0, 0.1) is 0 Å². The first-order chi connectivity index (χ1) is 6.91. The number of carboxylic acid groups (broad SMARTS) is 2. The number of hydrogen-bond donors (Lipinski definition) is 2. The molecule has 0 aliphatic rings. The smallest absolute Gasteiger partial charge is 0.335 e. The van der Waals surface area contributed by atoms with Gasteiger partial charge in [-0.1, -0.05) is 13.8 Å². The lowest BCUT2D eigenvalue weighted by Crippen LogP contribution is -2.04. The van der Waals surface area contributed by atoms with E-state index in [4.69, 9.17) is 10.2 Å². The van der Waals surface area contributed by atoms with Gasteiger partial charge in [-0.25, -0.2) is 9.59 Å². The Morgan fingerprint density at radius 2 is 1.40 bits per heavy atom. The molecule has 1 aromatic rings. The third-order valence-electron chi connectivity index (χ3n) is 2.12. The van der Waals surface area contributed by atoms with Gasteiger partial charge in [0.25, 0.3) is 0 Å². The Morgan fingerprint density at radius 1 is 1.00 bits per heavy atom. The molecule has 0 saturated carbocycles. The Morgan fingerprint density at radius 3 is 1.67 bits per heavy atom. The molecule has 0 unspecified atom stereocenters. The number of aromatic carboxylic acids is 2. The number of carbonyl (C=O) groups is 2. The zero-order valence-corrected chi connectivity index (χ0v) is 8.52. The summed E-state index contributed by atoms with van der Waals surface area (Å²) in [7, 11) is 0. The zero-order chi connectivity index (χ0) is 11.6. The van der Waals surface area contributed by atoms with Crippen molar-refractivity contribution in [3.8, 4) is 0 Å². The fourth-order valence-corrected chi connectivity index (χ4v) is 1.23. The molecule has 1 rings (SSSR count). The lowest BCUT2D eigenvalue weighted by atomic mass is 9.98. The largest absolute Gasteiger partial charge is 0.478 e. The minimum absolute atomic E-state index is 0.0126. The Kier molecular flexibility index (Phi) is 3.09. The van der Waals surface area contributed by atoms with E-state index < -0.39 is 11.9 Å². The van der Waals surface area contributed by atoms with Crippen LogP contribution in [0.25, 0.3) is 0 Å². The molecule has 2 N–H and O–H groups in total. The third-order valence-corrected chi connectivity index (χ3v) is 2.12. The van der Waals surface area contributed by atoms with Crippen LogP contribution in [0.15, 0.2) is 18.2 Å². The van der Waals surface area contributed by atoms with Gasteiger partial charge in [-0.3, -0.25) is 0 Å². The van der Waals surface area contributed by atoms with Crippen LogP contribution < -0.4 is 0 Å². The lowest BCUT2D eigenvalue weighted by Gasteiger charge is -2.07. The number of hydrogen-bond acceptors (Lipinski definition) is 2. The fraction of sp³-hybridized carbons (Fsp3) is 0.273. The van der Waals surface area contributed by atoms with Gasteiger partial charge in [-0.2, -0.15) is 0 Å². The summed E-state index contributed by atoms with van der Waals surface area (Å²) in [4.78, 5) is 21.5. The van der Waals surface area contributed by atoms with Crippen molar-refractivity contribution in [2.75, 3.05) is 0 Å². The molecule has 4 nitrogen and oxygen atoms in total. The molecule has 0 aliphatic carbocycles.